The number of phenols is 1. The average molecular weight is 276 g/mol. The average Bonchev–Trinajstić information content (AvgIpc) is 2.09. The van der Waals surface area contributed by atoms with Crippen LogP contribution in [-0.2, 0) is 0 Å². The van der Waals surface area contributed by atoms with E-state index in [9.17, 15) is 5.11 Å². The predicted molar refractivity (Wildman–Crippen MR) is 57.5 cm³/mol. The molecule has 0 saturated carbocycles. The van der Waals surface area contributed by atoms with Gasteiger partial charge in [-0.2, -0.15) is 0 Å². The van der Waals surface area contributed by atoms with Gasteiger partial charge in [-0.25, -0.2) is 0 Å². The van der Waals surface area contributed by atoms with Gasteiger partial charge in [-0.1, -0.05) is 12.7 Å². The Morgan fingerprint density at radius 3 is 2.75 bits per heavy atom. The summed E-state index contributed by atoms with van der Waals surface area (Å²) in [6, 6.07) is 3.58. The second-order valence-corrected chi connectivity index (χ2v) is 3.42. The Kier molecular flexibility index (Phi) is 2.97. The van der Waals surface area contributed by atoms with Crippen molar-refractivity contribution in [1.29, 1.82) is 0 Å². The third kappa shape index (κ3) is 1.72. The van der Waals surface area contributed by atoms with Crippen molar-refractivity contribution in [2.24, 2.45) is 0 Å². The number of benzene rings is 1. The number of aromatic hydroxyl groups is 1. The molecule has 1 rings (SSSR count). The molecule has 1 aromatic rings. The van der Waals surface area contributed by atoms with Gasteiger partial charge < -0.3 is 9.84 Å². The lowest BCUT2D eigenvalue weighted by Gasteiger charge is -2.05. The highest BCUT2D eigenvalue weighted by Crippen LogP contribution is 2.32. The normalized spacial score (nSPS) is 9.50. The van der Waals surface area contributed by atoms with Gasteiger partial charge in [0.05, 0.1) is 10.7 Å². The van der Waals surface area contributed by atoms with Crippen LogP contribution in [0.5, 0.6) is 11.5 Å². The first-order chi connectivity index (χ1) is 5.69. The summed E-state index contributed by atoms with van der Waals surface area (Å²) in [6.07, 6.45) is 1.71. The molecule has 3 heteroatoms. The first-order valence-corrected chi connectivity index (χ1v) is 4.46. The summed E-state index contributed by atoms with van der Waals surface area (Å²) < 4.78 is 5.73. The van der Waals surface area contributed by atoms with Crippen molar-refractivity contribution >= 4 is 28.7 Å². The van der Waals surface area contributed by atoms with E-state index in [1.807, 2.05) is 28.7 Å². The Bertz CT molecular complexity index is 308. The monoisotopic (exact) mass is 276 g/mol. The molecule has 0 aliphatic rings. The molecule has 2 nitrogen and oxygen atoms in total. The molecule has 0 fully saturated rings. The summed E-state index contributed by atoms with van der Waals surface area (Å²) in [5, 5.41) is 9.45. The zero-order valence-electron chi connectivity index (χ0n) is 6.67. The molecule has 0 saturated heterocycles. The summed E-state index contributed by atoms with van der Waals surface area (Å²) in [7, 11) is 1.53. The van der Waals surface area contributed by atoms with Gasteiger partial charge in [-0.05, 0) is 40.3 Å². The van der Waals surface area contributed by atoms with Crippen molar-refractivity contribution in [3.8, 4) is 11.5 Å². The van der Waals surface area contributed by atoms with E-state index in [2.05, 4.69) is 6.58 Å². The fraction of sp³-hybridized carbons (Fsp3) is 0.111. The van der Waals surface area contributed by atoms with Crippen molar-refractivity contribution in [3.63, 3.8) is 0 Å². The van der Waals surface area contributed by atoms with Gasteiger partial charge in [0.15, 0.2) is 11.5 Å². The Morgan fingerprint density at radius 1 is 1.58 bits per heavy atom. The molecule has 0 atom stereocenters. The van der Waals surface area contributed by atoms with Crippen LogP contribution in [0.1, 0.15) is 5.56 Å². The number of phenolic OH excluding ortho intramolecular Hbond substituents is 1. The Morgan fingerprint density at radius 2 is 2.25 bits per heavy atom. The molecule has 0 unspecified atom stereocenters. The topological polar surface area (TPSA) is 29.5 Å². The number of hydrogen-bond acceptors (Lipinski definition) is 2. The first kappa shape index (κ1) is 9.38. The maximum Gasteiger partial charge on any atom is 0.171 e. The third-order valence-electron chi connectivity index (χ3n) is 1.51. The van der Waals surface area contributed by atoms with Crippen LogP contribution in [0.4, 0.5) is 0 Å². The number of methoxy groups -OCH3 is 1. The van der Waals surface area contributed by atoms with Gasteiger partial charge >= 0.3 is 0 Å². The van der Waals surface area contributed by atoms with E-state index >= 15 is 0 Å². The summed E-state index contributed by atoms with van der Waals surface area (Å²) >= 11 is 2.04. The Hall–Kier alpha value is -0.710. The zero-order chi connectivity index (χ0) is 9.14. The standard InChI is InChI=1S/C9H9IO2/c1-3-6-4-7(10)9(11)8(5-6)12-2/h3-5,11H,1H2,2H3. The van der Waals surface area contributed by atoms with Gasteiger partial charge in [0.1, 0.15) is 0 Å². The minimum atomic E-state index is 0.184. The summed E-state index contributed by atoms with van der Waals surface area (Å²) in [4.78, 5) is 0. The van der Waals surface area contributed by atoms with Crippen molar-refractivity contribution < 1.29 is 9.84 Å². The van der Waals surface area contributed by atoms with Gasteiger partial charge in [0.2, 0.25) is 0 Å². The first-order valence-electron chi connectivity index (χ1n) is 3.38. The maximum absolute atomic E-state index is 9.45. The third-order valence-corrected chi connectivity index (χ3v) is 2.33. The van der Waals surface area contributed by atoms with Crippen LogP contribution in [0.25, 0.3) is 6.08 Å². The molecular weight excluding hydrogens is 267 g/mol. The smallest absolute Gasteiger partial charge is 0.171 e. The van der Waals surface area contributed by atoms with Crippen LogP contribution in [0.15, 0.2) is 18.7 Å². The van der Waals surface area contributed by atoms with Crippen LogP contribution >= 0.6 is 22.6 Å². The predicted octanol–water partition coefficient (Wildman–Crippen LogP) is 2.65. The minimum Gasteiger partial charge on any atom is -0.504 e. The van der Waals surface area contributed by atoms with E-state index in [1.54, 1.807) is 12.1 Å². The van der Waals surface area contributed by atoms with E-state index in [0.29, 0.717) is 5.75 Å². The Balaban J connectivity index is 3.28. The van der Waals surface area contributed by atoms with Crippen molar-refractivity contribution in [1.82, 2.24) is 0 Å². The fourth-order valence-corrected chi connectivity index (χ4v) is 1.49. The van der Waals surface area contributed by atoms with Gasteiger partial charge in [0.25, 0.3) is 0 Å². The van der Waals surface area contributed by atoms with Gasteiger partial charge in [-0.15, -0.1) is 0 Å². The molecule has 0 aromatic heterocycles. The molecule has 0 spiro atoms. The van der Waals surface area contributed by atoms with Gasteiger partial charge in [-0.3, -0.25) is 0 Å². The molecule has 1 N–H and O–H groups in total. The lowest BCUT2D eigenvalue weighted by Crippen LogP contribution is -1.87. The molecular formula is C9H9IO2. The van der Waals surface area contributed by atoms with Crippen molar-refractivity contribution in [3.05, 3.63) is 27.8 Å². The summed E-state index contributed by atoms with van der Waals surface area (Å²) in [5.41, 5.74) is 0.939. The molecule has 12 heavy (non-hydrogen) atoms. The molecule has 0 radical (unpaired) electrons. The molecule has 64 valence electrons. The largest absolute Gasteiger partial charge is 0.504 e. The van der Waals surface area contributed by atoms with Crippen LogP contribution in [0.2, 0.25) is 0 Å². The minimum absolute atomic E-state index is 0.184. The van der Waals surface area contributed by atoms with E-state index < -0.39 is 0 Å². The van der Waals surface area contributed by atoms with E-state index in [-0.39, 0.29) is 5.75 Å². The van der Waals surface area contributed by atoms with Crippen molar-refractivity contribution in [2.45, 2.75) is 0 Å². The zero-order valence-corrected chi connectivity index (χ0v) is 8.83. The highest BCUT2D eigenvalue weighted by molar-refractivity contribution is 14.1. The van der Waals surface area contributed by atoms with E-state index in [4.69, 9.17) is 4.74 Å². The van der Waals surface area contributed by atoms with E-state index in [1.165, 1.54) is 7.11 Å². The molecule has 0 aliphatic heterocycles. The Labute approximate surface area is 85.0 Å². The molecule has 0 aliphatic carbocycles. The number of hydrogen-bond donors (Lipinski definition) is 1. The SMILES string of the molecule is C=Cc1cc(I)c(O)c(OC)c1. The molecule has 0 heterocycles. The number of rotatable bonds is 2. The maximum atomic E-state index is 9.45. The lowest BCUT2D eigenvalue weighted by atomic mass is 10.2. The van der Waals surface area contributed by atoms with Crippen LogP contribution in [-0.4, -0.2) is 12.2 Å². The van der Waals surface area contributed by atoms with Gasteiger partial charge in [0, 0.05) is 0 Å². The fourth-order valence-electron chi connectivity index (χ4n) is 0.867. The summed E-state index contributed by atoms with van der Waals surface area (Å²) in [5.74, 6) is 0.667. The van der Waals surface area contributed by atoms with Crippen LogP contribution < -0.4 is 4.74 Å². The molecule has 0 bridgehead atoms. The van der Waals surface area contributed by atoms with Crippen LogP contribution in [0.3, 0.4) is 0 Å². The summed E-state index contributed by atoms with van der Waals surface area (Å²) in [6.45, 7) is 3.64. The second kappa shape index (κ2) is 3.80. The second-order valence-electron chi connectivity index (χ2n) is 2.26. The van der Waals surface area contributed by atoms with E-state index in [0.717, 1.165) is 9.13 Å². The van der Waals surface area contributed by atoms with Crippen molar-refractivity contribution in [2.75, 3.05) is 7.11 Å². The van der Waals surface area contributed by atoms with Crippen LogP contribution in [0, 0.1) is 3.57 Å². The highest BCUT2D eigenvalue weighted by atomic mass is 127. The molecule has 1 aromatic carbocycles. The lowest BCUT2D eigenvalue weighted by molar-refractivity contribution is 0.371. The number of halogens is 1. The molecule has 0 amide bonds. The highest BCUT2D eigenvalue weighted by Gasteiger charge is 2.06. The number of ether oxygens (including phenoxy) is 1. The quantitative estimate of drug-likeness (QED) is 0.841.